The maximum Gasteiger partial charge on any atom is 0.166 e. The van der Waals surface area contributed by atoms with Crippen LogP contribution in [0.5, 0.6) is 0 Å². The molecule has 1 saturated heterocycles. The first-order valence-electron chi connectivity index (χ1n) is 12.2. The van der Waals surface area contributed by atoms with E-state index in [0.29, 0.717) is 12.2 Å². The number of aromatic nitrogens is 4. The van der Waals surface area contributed by atoms with Gasteiger partial charge < -0.3 is 19.9 Å². The van der Waals surface area contributed by atoms with Gasteiger partial charge in [0.15, 0.2) is 6.29 Å². The van der Waals surface area contributed by atoms with Gasteiger partial charge in [-0.15, -0.1) is 0 Å². The lowest BCUT2D eigenvalue weighted by Gasteiger charge is -2.26. The quantitative estimate of drug-likeness (QED) is 0.363. The van der Waals surface area contributed by atoms with E-state index in [1.54, 1.807) is 11.9 Å². The molecule has 0 aromatic carbocycles. The Hall–Kier alpha value is -2.66. The lowest BCUT2D eigenvalue weighted by molar-refractivity contribution is 0.111. The van der Waals surface area contributed by atoms with Gasteiger partial charge in [-0.05, 0) is 57.0 Å². The van der Waals surface area contributed by atoms with Gasteiger partial charge in [-0.3, -0.25) is 9.48 Å². The maximum absolute atomic E-state index is 11.2. The van der Waals surface area contributed by atoms with Gasteiger partial charge in [0.2, 0.25) is 0 Å². The molecule has 0 saturated carbocycles. The zero-order chi connectivity index (χ0) is 24.6. The Morgan fingerprint density at radius 3 is 2.74 bits per heavy atom. The van der Waals surface area contributed by atoms with Crippen molar-refractivity contribution in [1.29, 1.82) is 0 Å². The van der Waals surface area contributed by atoms with Crippen molar-refractivity contribution in [3.63, 3.8) is 0 Å². The number of aldehydes is 1. The Balaban J connectivity index is 0.000000179. The molecule has 0 atom stereocenters. The van der Waals surface area contributed by atoms with Crippen LogP contribution in [0.3, 0.4) is 0 Å². The van der Waals surface area contributed by atoms with E-state index in [-0.39, 0.29) is 6.61 Å². The number of aliphatic hydroxyl groups is 1. The molecular formula is C25H35N7O2S. The molecule has 0 radical (unpaired) electrons. The summed E-state index contributed by atoms with van der Waals surface area (Å²) in [7, 11) is 1.97. The number of carbonyl (C=O) groups excluding carboxylic acids is 1. The van der Waals surface area contributed by atoms with Crippen molar-refractivity contribution in [2.45, 2.75) is 50.8 Å². The van der Waals surface area contributed by atoms with Crippen molar-refractivity contribution in [2.24, 2.45) is 0 Å². The highest BCUT2D eigenvalue weighted by Crippen LogP contribution is 2.31. The Bertz CT molecular complexity index is 1110. The van der Waals surface area contributed by atoms with Gasteiger partial charge >= 0.3 is 0 Å². The van der Waals surface area contributed by atoms with E-state index in [4.69, 9.17) is 5.11 Å². The molecule has 0 aliphatic carbocycles. The fourth-order valence-electron chi connectivity index (χ4n) is 4.58. The molecule has 2 aliphatic rings. The van der Waals surface area contributed by atoms with E-state index < -0.39 is 0 Å². The molecule has 3 aromatic heterocycles. The predicted octanol–water partition coefficient (Wildman–Crippen LogP) is 2.72. The molecule has 0 unspecified atom stereocenters. The van der Waals surface area contributed by atoms with Crippen molar-refractivity contribution >= 4 is 24.1 Å². The Morgan fingerprint density at radius 2 is 2.00 bits per heavy atom. The van der Waals surface area contributed by atoms with Crippen LogP contribution in [0.4, 0.5) is 5.82 Å². The minimum atomic E-state index is 0.0311. The fraction of sp³-hybridized carbons (Fsp3) is 0.480. The molecule has 188 valence electrons. The summed E-state index contributed by atoms with van der Waals surface area (Å²) in [5.74, 6) is 1.17. The van der Waals surface area contributed by atoms with Gasteiger partial charge in [0, 0.05) is 61.3 Å². The van der Waals surface area contributed by atoms with Crippen LogP contribution >= 0.6 is 11.9 Å². The first-order valence-corrected chi connectivity index (χ1v) is 12.9. The van der Waals surface area contributed by atoms with Crippen molar-refractivity contribution in [2.75, 3.05) is 38.2 Å². The number of nitrogens with zero attached hydrogens (tertiary/aromatic N) is 6. The van der Waals surface area contributed by atoms with Gasteiger partial charge in [0.25, 0.3) is 0 Å². The third-order valence-electron chi connectivity index (χ3n) is 6.37. The van der Waals surface area contributed by atoms with E-state index in [2.05, 4.69) is 30.7 Å². The smallest absolute Gasteiger partial charge is 0.166 e. The standard InChI is InChI=1S/C14H18N4O2S.C11H17N3/c1-11-14(8-13(10-20)17(11)6-7-19)21-16-4-5-18-12(9-16)2-3-15-18;1-12-9-10-5-4-6-13-11(10)14-7-2-3-8-14/h2-3,8,10,19H,4-7,9H2,1H3;4-6,12H,2-3,7-9H2,1H3. The van der Waals surface area contributed by atoms with E-state index in [0.717, 1.165) is 56.1 Å². The summed E-state index contributed by atoms with van der Waals surface area (Å²) in [5.41, 5.74) is 4.15. The van der Waals surface area contributed by atoms with E-state index >= 15 is 0 Å². The number of aliphatic hydroxyl groups excluding tert-OH is 1. The summed E-state index contributed by atoms with van der Waals surface area (Å²) in [6.45, 7) is 8.33. The van der Waals surface area contributed by atoms with Gasteiger partial charge in [-0.1, -0.05) is 6.07 Å². The van der Waals surface area contributed by atoms with Crippen LogP contribution in [0.1, 0.15) is 40.3 Å². The molecule has 3 aromatic rings. The molecule has 5 rings (SSSR count). The predicted molar refractivity (Wildman–Crippen MR) is 139 cm³/mol. The highest BCUT2D eigenvalue weighted by molar-refractivity contribution is 7.97. The average molecular weight is 498 g/mol. The molecular weight excluding hydrogens is 462 g/mol. The zero-order valence-electron chi connectivity index (χ0n) is 20.6. The second-order valence-electron chi connectivity index (χ2n) is 8.72. The summed E-state index contributed by atoms with van der Waals surface area (Å²) >= 11 is 1.67. The van der Waals surface area contributed by atoms with Crippen LogP contribution in [0, 0.1) is 6.92 Å². The highest BCUT2D eigenvalue weighted by Gasteiger charge is 2.20. The first-order chi connectivity index (χ1) is 17.1. The number of hydrogen-bond acceptors (Lipinski definition) is 8. The van der Waals surface area contributed by atoms with E-state index in [1.807, 2.05) is 53.8 Å². The van der Waals surface area contributed by atoms with Crippen LogP contribution in [0.15, 0.2) is 41.6 Å². The number of fused-ring (bicyclic) bond motifs is 1. The van der Waals surface area contributed by atoms with E-state index in [9.17, 15) is 4.79 Å². The summed E-state index contributed by atoms with van der Waals surface area (Å²) in [6, 6.07) is 8.09. The number of carbonyl (C=O) groups is 1. The number of rotatable bonds is 8. The molecule has 0 spiro atoms. The number of nitrogens with one attached hydrogen (secondary N) is 1. The monoisotopic (exact) mass is 497 g/mol. The van der Waals surface area contributed by atoms with E-state index in [1.165, 1.54) is 29.9 Å². The van der Waals surface area contributed by atoms with Gasteiger partial charge in [0.05, 0.1) is 31.1 Å². The lowest BCUT2D eigenvalue weighted by Crippen LogP contribution is -2.28. The molecule has 35 heavy (non-hydrogen) atoms. The zero-order valence-corrected chi connectivity index (χ0v) is 21.4. The number of hydrogen-bond donors (Lipinski definition) is 2. The van der Waals surface area contributed by atoms with Crippen LogP contribution in [-0.2, 0) is 26.2 Å². The Kier molecular flexibility index (Phi) is 8.97. The average Bonchev–Trinajstić information content (AvgIpc) is 3.63. The van der Waals surface area contributed by atoms with Gasteiger partial charge in [0.1, 0.15) is 5.82 Å². The van der Waals surface area contributed by atoms with Crippen LogP contribution < -0.4 is 10.2 Å². The van der Waals surface area contributed by atoms with Crippen molar-refractivity contribution in [1.82, 2.24) is 29.0 Å². The minimum Gasteiger partial charge on any atom is -0.395 e. The second-order valence-corrected chi connectivity index (χ2v) is 9.86. The molecule has 9 nitrogen and oxygen atoms in total. The Morgan fingerprint density at radius 1 is 1.17 bits per heavy atom. The SMILES string of the molecule is CNCc1cccnc1N1CCCC1.Cc1c(SN2CCn3nccc3C2)cc(C=O)n1CCO. The molecule has 1 fully saturated rings. The molecule has 2 N–H and O–H groups in total. The Labute approximate surface area is 211 Å². The fourth-order valence-corrected chi connectivity index (χ4v) is 5.64. The lowest BCUT2D eigenvalue weighted by atomic mass is 10.2. The van der Waals surface area contributed by atoms with Crippen LogP contribution in [0.2, 0.25) is 0 Å². The summed E-state index contributed by atoms with van der Waals surface area (Å²) in [4.78, 5) is 19.1. The second kappa shape index (κ2) is 12.3. The summed E-state index contributed by atoms with van der Waals surface area (Å²) in [5, 5.41) is 16.6. The number of pyridine rings is 1. The summed E-state index contributed by atoms with van der Waals surface area (Å²) < 4.78 is 6.17. The molecule has 0 amide bonds. The van der Waals surface area contributed by atoms with Crippen molar-refractivity contribution in [3.8, 4) is 0 Å². The first kappa shape index (κ1) is 25.4. The maximum atomic E-state index is 11.2. The normalized spacial score (nSPS) is 15.6. The van der Waals surface area contributed by atoms with Crippen molar-refractivity contribution < 1.29 is 9.90 Å². The summed E-state index contributed by atoms with van der Waals surface area (Å²) in [6.07, 6.45) is 7.16. The number of anilines is 1. The third-order valence-corrected chi connectivity index (χ3v) is 7.55. The van der Waals surface area contributed by atoms with Gasteiger partial charge in [-0.25, -0.2) is 9.29 Å². The van der Waals surface area contributed by atoms with Crippen LogP contribution in [-0.4, -0.2) is 68.3 Å². The molecule has 5 heterocycles. The van der Waals surface area contributed by atoms with Crippen LogP contribution in [0.25, 0.3) is 0 Å². The molecule has 0 bridgehead atoms. The highest BCUT2D eigenvalue weighted by atomic mass is 32.2. The minimum absolute atomic E-state index is 0.0311. The van der Waals surface area contributed by atoms with Crippen molar-refractivity contribution in [3.05, 3.63) is 59.3 Å². The topological polar surface area (TPSA) is 91.5 Å². The van der Waals surface area contributed by atoms with Gasteiger partial charge in [-0.2, -0.15) is 5.10 Å². The third kappa shape index (κ3) is 6.13. The molecule has 2 aliphatic heterocycles. The largest absolute Gasteiger partial charge is 0.395 e. The molecule has 10 heteroatoms.